The van der Waals surface area contributed by atoms with Gasteiger partial charge in [0, 0.05) is 11.5 Å². The van der Waals surface area contributed by atoms with E-state index in [1.165, 1.54) is 0 Å². The van der Waals surface area contributed by atoms with E-state index in [1.54, 1.807) is 6.08 Å². The molecule has 1 aliphatic rings. The summed E-state index contributed by atoms with van der Waals surface area (Å²) in [6.45, 7) is 4.15. The molecule has 0 N–H and O–H groups in total. The molecule has 0 aliphatic carbocycles. The van der Waals surface area contributed by atoms with E-state index in [0.29, 0.717) is 0 Å². The molecular weight excluding hydrogens is 344 g/mol. The normalized spacial score (nSPS) is 23.6. The lowest BCUT2D eigenvalue weighted by molar-refractivity contribution is -0.197. The Kier molecular flexibility index (Phi) is 4.51. The molecule has 0 atom stereocenters. The zero-order valence-electron chi connectivity index (χ0n) is 10.2. The number of alkyl halides is 3. The van der Waals surface area contributed by atoms with Crippen LogP contribution >= 0.6 is 15.9 Å². The Balaban J connectivity index is 2.25. The zero-order valence-corrected chi connectivity index (χ0v) is 11.8. The van der Waals surface area contributed by atoms with E-state index in [1.807, 2.05) is 15.9 Å². The molecule has 1 heterocycles. The summed E-state index contributed by atoms with van der Waals surface area (Å²) >= 11 is 1.94. The van der Waals surface area contributed by atoms with Crippen molar-refractivity contribution in [2.75, 3.05) is 13.2 Å². The lowest BCUT2D eigenvalue weighted by atomic mass is 10.1. The smallest absolute Gasteiger partial charge is 0.332 e. The molecule has 0 bridgehead atoms. The van der Waals surface area contributed by atoms with Gasteiger partial charge in [-0.3, -0.25) is 0 Å². The second kappa shape index (κ2) is 5.83. The van der Waals surface area contributed by atoms with Crippen LogP contribution in [0.15, 0.2) is 24.8 Å². The van der Waals surface area contributed by atoms with Gasteiger partial charge in [-0.15, -0.1) is 6.58 Å². The first kappa shape index (κ1) is 15.5. The molecule has 0 aromatic heterocycles. The van der Waals surface area contributed by atoms with Crippen LogP contribution in [0.4, 0.5) is 17.6 Å². The van der Waals surface area contributed by atoms with Crippen LogP contribution in [0.3, 0.4) is 0 Å². The van der Waals surface area contributed by atoms with Crippen molar-refractivity contribution < 1.29 is 27.0 Å². The number of ether oxygens (including phenoxy) is 2. The first-order valence-corrected chi connectivity index (χ1v) is 6.54. The summed E-state index contributed by atoms with van der Waals surface area (Å²) in [6.07, 6.45) is 0.666. The highest BCUT2D eigenvalue weighted by Gasteiger charge is 2.35. The Morgan fingerprint density at radius 2 is 1.70 bits per heavy atom. The van der Waals surface area contributed by atoms with Crippen molar-refractivity contribution in [1.29, 1.82) is 0 Å². The molecule has 0 amide bonds. The fourth-order valence-corrected chi connectivity index (χ4v) is 2.23. The molecule has 7 heteroatoms. The van der Waals surface area contributed by atoms with Gasteiger partial charge in [0.25, 0.3) is 0 Å². The Morgan fingerprint density at radius 1 is 1.20 bits per heavy atom. The predicted molar refractivity (Wildman–Crippen MR) is 67.5 cm³/mol. The first-order valence-electron chi connectivity index (χ1n) is 5.75. The van der Waals surface area contributed by atoms with E-state index in [4.69, 9.17) is 9.47 Å². The van der Waals surface area contributed by atoms with Crippen LogP contribution in [0.2, 0.25) is 0 Å². The minimum Gasteiger partial charge on any atom is -0.348 e. The topological polar surface area (TPSA) is 18.5 Å². The van der Waals surface area contributed by atoms with Gasteiger partial charge in [0.05, 0.1) is 13.2 Å². The van der Waals surface area contributed by atoms with Crippen LogP contribution in [-0.4, -0.2) is 13.2 Å². The number of rotatable bonds is 3. The van der Waals surface area contributed by atoms with Crippen molar-refractivity contribution >= 4 is 15.9 Å². The molecule has 1 aromatic rings. The van der Waals surface area contributed by atoms with Gasteiger partial charge in [-0.25, -0.2) is 8.78 Å². The van der Waals surface area contributed by atoms with E-state index in [9.17, 15) is 17.6 Å². The van der Waals surface area contributed by atoms with E-state index < -0.39 is 28.3 Å². The minimum atomic E-state index is -3.78. The molecule has 2 nitrogen and oxygen atoms in total. The molecule has 20 heavy (non-hydrogen) atoms. The molecule has 0 radical (unpaired) electrons. The van der Waals surface area contributed by atoms with Gasteiger partial charge in [-0.1, -0.05) is 6.08 Å². The molecular formula is C13H11BrF4O2. The van der Waals surface area contributed by atoms with Crippen molar-refractivity contribution in [3.63, 3.8) is 0 Å². The van der Waals surface area contributed by atoms with Crippen LogP contribution in [-0.2, 0) is 14.3 Å². The number of hydrogen-bond donors (Lipinski definition) is 0. The average Bonchev–Trinajstić information content (AvgIpc) is 2.36. The summed E-state index contributed by atoms with van der Waals surface area (Å²) in [4.78, 5) is -3.78. The van der Waals surface area contributed by atoms with Crippen LogP contribution in [0.25, 0.3) is 0 Å². The summed E-state index contributed by atoms with van der Waals surface area (Å²) in [5, 5.41) is 0. The molecule has 0 spiro atoms. The number of benzene rings is 1. The molecule has 0 saturated carbocycles. The van der Waals surface area contributed by atoms with Crippen LogP contribution in [0, 0.1) is 17.6 Å². The predicted octanol–water partition coefficient (Wildman–Crippen LogP) is 4.26. The maximum Gasteiger partial charge on any atom is 0.332 e. The quantitative estimate of drug-likeness (QED) is 0.458. The molecule has 2 rings (SSSR count). The van der Waals surface area contributed by atoms with Crippen molar-refractivity contribution in [2.45, 2.75) is 11.1 Å². The maximum absolute atomic E-state index is 13.6. The lowest BCUT2D eigenvalue weighted by Crippen LogP contribution is -2.26. The van der Waals surface area contributed by atoms with Crippen LogP contribution < -0.4 is 0 Å². The highest BCUT2D eigenvalue weighted by atomic mass is 79.9. The molecule has 1 aliphatic heterocycles. The average molecular weight is 355 g/mol. The third kappa shape index (κ3) is 3.21. The lowest BCUT2D eigenvalue weighted by Gasteiger charge is -2.28. The molecule has 1 saturated heterocycles. The van der Waals surface area contributed by atoms with Gasteiger partial charge in [0.15, 0.2) is 6.29 Å². The van der Waals surface area contributed by atoms with Gasteiger partial charge >= 0.3 is 4.83 Å². The highest BCUT2D eigenvalue weighted by molar-refractivity contribution is 9.09. The van der Waals surface area contributed by atoms with E-state index in [-0.39, 0.29) is 24.7 Å². The standard InChI is InChI=1S/C13H11BrF4O2/c1-2-7-5-19-12(20-6-7)8-3-9(15)11(10(16)4-8)13(14,17)18/h2-4,7,12H,1,5-6H2. The Bertz CT molecular complexity index is 485. The second-order valence-electron chi connectivity index (χ2n) is 4.35. The summed E-state index contributed by atoms with van der Waals surface area (Å²) in [5.74, 6) is -2.73. The summed E-state index contributed by atoms with van der Waals surface area (Å²) < 4.78 is 63.8. The third-order valence-electron chi connectivity index (χ3n) is 2.88. The Labute approximate surface area is 121 Å². The zero-order chi connectivity index (χ0) is 14.9. The van der Waals surface area contributed by atoms with Crippen molar-refractivity contribution in [3.05, 3.63) is 47.5 Å². The Hall–Kier alpha value is -0.920. The van der Waals surface area contributed by atoms with Gasteiger partial charge in [0.2, 0.25) is 0 Å². The second-order valence-corrected chi connectivity index (χ2v) is 5.35. The monoisotopic (exact) mass is 354 g/mol. The van der Waals surface area contributed by atoms with E-state index in [2.05, 4.69) is 6.58 Å². The van der Waals surface area contributed by atoms with E-state index >= 15 is 0 Å². The summed E-state index contributed by atoms with van der Waals surface area (Å²) in [7, 11) is 0. The maximum atomic E-state index is 13.6. The third-order valence-corrected chi connectivity index (χ3v) is 3.27. The highest BCUT2D eigenvalue weighted by Crippen LogP contribution is 2.39. The summed E-state index contributed by atoms with van der Waals surface area (Å²) in [5.41, 5.74) is -1.32. The number of hydrogen-bond acceptors (Lipinski definition) is 2. The Morgan fingerprint density at radius 3 is 2.10 bits per heavy atom. The fraction of sp³-hybridized carbons (Fsp3) is 0.385. The molecule has 1 fully saturated rings. The van der Waals surface area contributed by atoms with Crippen molar-refractivity contribution in [2.24, 2.45) is 5.92 Å². The van der Waals surface area contributed by atoms with Gasteiger partial charge in [-0.2, -0.15) is 8.78 Å². The van der Waals surface area contributed by atoms with E-state index in [0.717, 1.165) is 12.1 Å². The van der Waals surface area contributed by atoms with Gasteiger partial charge < -0.3 is 9.47 Å². The largest absolute Gasteiger partial charge is 0.348 e. The van der Waals surface area contributed by atoms with Gasteiger partial charge in [0.1, 0.15) is 17.2 Å². The molecule has 1 aromatic carbocycles. The van der Waals surface area contributed by atoms with Crippen LogP contribution in [0.1, 0.15) is 17.4 Å². The minimum absolute atomic E-state index is 0.00732. The summed E-state index contributed by atoms with van der Waals surface area (Å²) in [6, 6.07) is 1.57. The molecule has 110 valence electrons. The molecule has 0 unspecified atom stereocenters. The van der Waals surface area contributed by atoms with Crippen LogP contribution in [0.5, 0.6) is 0 Å². The van der Waals surface area contributed by atoms with Crippen molar-refractivity contribution in [1.82, 2.24) is 0 Å². The fourth-order valence-electron chi connectivity index (χ4n) is 1.85. The SMILES string of the molecule is C=CC1COC(c2cc(F)c(C(F)(F)Br)c(F)c2)OC1. The first-order chi connectivity index (χ1) is 9.32. The van der Waals surface area contributed by atoms with Gasteiger partial charge in [-0.05, 0) is 28.1 Å². The number of halogens is 5. The van der Waals surface area contributed by atoms with Crippen molar-refractivity contribution in [3.8, 4) is 0 Å².